The van der Waals surface area contributed by atoms with E-state index in [4.69, 9.17) is 4.74 Å². The molecule has 1 aliphatic carbocycles. The van der Waals surface area contributed by atoms with E-state index in [1.807, 2.05) is 30.3 Å². The summed E-state index contributed by atoms with van der Waals surface area (Å²) < 4.78 is 5.37. The molecule has 8 nitrogen and oxygen atoms in total. The zero-order chi connectivity index (χ0) is 22.9. The Balaban J connectivity index is 1.12. The molecule has 2 heterocycles. The molecular weight excluding hydrogens is 422 g/mol. The van der Waals surface area contributed by atoms with Crippen molar-refractivity contribution in [1.29, 1.82) is 0 Å². The first-order valence-electron chi connectivity index (χ1n) is 11.2. The molecule has 5 rings (SSSR count). The number of hydrogen-bond acceptors (Lipinski definition) is 5. The highest BCUT2D eigenvalue weighted by molar-refractivity contribution is 6.05. The molecule has 0 radical (unpaired) electrons. The number of hydrogen-bond donors (Lipinski definition) is 2. The summed E-state index contributed by atoms with van der Waals surface area (Å²) in [5.41, 5.74) is 3.41. The molecule has 0 spiro atoms. The summed E-state index contributed by atoms with van der Waals surface area (Å²) in [5, 5.41) is 5.04. The maximum Gasteiger partial charge on any atom is 0.407 e. The van der Waals surface area contributed by atoms with Gasteiger partial charge in [-0.2, -0.15) is 0 Å². The van der Waals surface area contributed by atoms with Crippen molar-refractivity contribution in [3.05, 3.63) is 70.8 Å². The fraction of sp³-hybridized carbons (Fsp3) is 0.360. The lowest BCUT2D eigenvalue weighted by atomic mass is 10.0. The SMILES string of the molecule is O=C1CCC(N2Cc3ccc(CNC(=O)OC[C@@H]4CC4c4ccccc4)cc3C2=O)C(=O)N1. The first-order valence-corrected chi connectivity index (χ1v) is 11.2. The molecule has 2 aromatic carbocycles. The van der Waals surface area contributed by atoms with E-state index in [1.165, 1.54) is 10.5 Å². The lowest BCUT2D eigenvalue weighted by Crippen LogP contribution is -2.52. The van der Waals surface area contributed by atoms with Crippen molar-refractivity contribution in [2.24, 2.45) is 5.92 Å². The Labute approximate surface area is 191 Å². The van der Waals surface area contributed by atoms with Crippen LogP contribution in [0, 0.1) is 5.92 Å². The molecule has 2 aliphatic heterocycles. The van der Waals surface area contributed by atoms with Crippen LogP contribution in [0.25, 0.3) is 0 Å². The molecule has 170 valence electrons. The maximum absolute atomic E-state index is 12.9. The fourth-order valence-electron chi connectivity index (χ4n) is 4.66. The molecule has 2 aromatic rings. The van der Waals surface area contributed by atoms with Crippen LogP contribution in [0.3, 0.4) is 0 Å². The molecule has 0 aromatic heterocycles. The van der Waals surface area contributed by atoms with Crippen LogP contribution in [0.2, 0.25) is 0 Å². The van der Waals surface area contributed by atoms with Gasteiger partial charge in [0.05, 0.1) is 6.61 Å². The minimum atomic E-state index is -0.638. The summed E-state index contributed by atoms with van der Waals surface area (Å²) in [4.78, 5) is 50.1. The number of benzene rings is 2. The van der Waals surface area contributed by atoms with Gasteiger partial charge in [-0.15, -0.1) is 0 Å². The summed E-state index contributed by atoms with van der Waals surface area (Å²) in [6.07, 6.45) is 1.09. The third-order valence-corrected chi connectivity index (χ3v) is 6.61. The summed E-state index contributed by atoms with van der Waals surface area (Å²) >= 11 is 0. The van der Waals surface area contributed by atoms with E-state index in [9.17, 15) is 19.2 Å². The molecule has 0 bridgehead atoms. The average Bonchev–Trinajstić information content (AvgIpc) is 3.53. The van der Waals surface area contributed by atoms with Gasteiger partial charge in [0.1, 0.15) is 6.04 Å². The van der Waals surface area contributed by atoms with Crippen molar-refractivity contribution < 1.29 is 23.9 Å². The van der Waals surface area contributed by atoms with Gasteiger partial charge in [0.15, 0.2) is 0 Å². The first kappa shape index (κ1) is 21.2. The number of fused-ring (bicyclic) bond motifs is 1. The number of carbonyl (C=O) groups excluding carboxylic acids is 4. The van der Waals surface area contributed by atoms with Crippen molar-refractivity contribution in [3.63, 3.8) is 0 Å². The molecular formula is C25H25N3O5. The van der Waals surface area contributed by atoms with E-state index in [0.29, 0.717) is 37.0 Å². The van der Waals surface area contributed by atoms with E-state index in [2.05, 4.69) is 22.8 Å². The van der Waals surface area contributed by atoms with Gasteiger partial charge in [0, 0.05) is 31.0 Å². The molecule has 1 saturated carbocycles. The molecule has 1 saturated heterocycles. The van der Waals surface area contributed by atoms with E-state index >= 15 is 0 Å². The van der Waals surface area contributed by atoms with Crippen LogP contribution in [0.4, 0.5) is 4.79 Å². The van der Waals surface area contributed by atoms with Gasteiger partial charge in [-0.05, 0) is 41.5 Å². The smallest absolute Gasteiger partial charge is 0.407 e. The number of alkyl carbamates (subject to hydrolysis) is 1. The van der Waals surface area contributed by atoms with Gasteiger partial charge >= 0.3 is 6.09 Å². The van der Waals surface area contributed by atoms with Gasteiger partial charge in [-0.3, -0.25) is 19.7 Å². The highest BCUT2D eigenvalue weighted by Crippen LogP contribution is 2.47. The largest absolute Gasteiger partial charge is 0.449 e. The molecule has 3 atom stereocenters. The second-order valence-corrected chi connectivity index (χ2v) is 8.86. The van der Waals surface area contributed by atoms with Crippen molar-refractivity contribution in [3.8, 4) is 0 Å². The molecule has 4 amide bonds. The fourth-order valence-corrected chi connectivity index (χ4v) is 4.66. The van der Waals surface area contributed by atoms with E-state index in [0.717, 1.165) is 17.5 Å². The first-order chi connectivity index (χ1) is 16.0. The second kappa shape index (κ2) is 8.69. The Morgan fingerprint density at radius 1 is 1.12 bits per heavy atom. The Morgan fingerprint density at radius 3 is 2.73 bits per heavy atom. The lowest BCUT2D eigenvalue weighted by Gasteiger charge is -2.29. The van der Waals surface area contributed by atoms with Crippen molar-refractivity contribution in [2.75, 3.05) is 6.61 Å². The Hall–Kier alpha value is -3.68. The highest BCUT2D eigenvalue weighted by atomic mass is 16.5. The van der Waals surface area contributed by atoms with Crippen LogP contribution >= 0.6 is 0 Å². The normalized spacial score (nSPS) is 23.7. The van der Waals surface area contributed by atoms with Crippen LogP contribution in [-0.2, 0) is 27.4 Å². The number of piperidine rings is 1. The minimum absolute atomic E-state index is 0.223. The van der Waals surface area contributed by atoms with Gasteiger partial charge in [0.2, 0.25) is 11.8 Å². The Morgan fingerprint density at radius 2 is 1.94 bits per heavy atom. The topological polar surface area (TPSA) is 105 Å². The van der Waals surface area contributed by atoms with Gasteiger partial charge in [-0.25, -0.2) is 4.79 Å². The number of nitrogens with one attached hydrogen (secondary N) is 2. The van der Waals surface area contributed by atoms with Crippen LogP contribution in [0.1, 0.15) is 52.2 Å². The minimum Gasteiger partial charge on any atom is -0.449 e. The molecule has 2 unspecified atom stereocenters. The van der Waals surface area contributed by atoms with E-state index < -0.39 is 18.0 Å². The average molecular weight is 447 g/mol. The summed E-state index contributed by atoms with van der Waals surface area (Å²) in [5.74, 6) is -0.159. The number of imide groups is 1. The predicted octanol–water partition coefficient (Wildman–Crippen LogP) is 2.48. The van der Waals surface area contributed by atoms with Gasteiger partial charge < -0.3 is 15.0 Å². The number of nitrogens with zero attached hydrogens (tertiary/aromatic N) is 1. The molecule has 33 heavy (non-hydrogen) atoms. The third-order valence-electron chi connectivity index (χ3n) is 6.61. The Bertz CT molecular complexity index is 1120. The van der Waals surface area contributed by atoms with Crippen molar-refractivity contribution >= 4 is 23.8 Å². The predicted molar refractivity (Wildman–Crippen MR) is 118 cm³/mol. The zero-order valence-corrected chi connectivity index (χ0v) is 18.1. The van der Waals surface area contributed by atoms with Gasteiger partial charge in [-0.1, -0.05) is 42.5 Å². The monoisotopic (exact) mass is 447 g/mol. The van der Waals surface area contributed by atoms with E-state index in [1.54, 1.807) is 6.07 Å². The number of carbonyl (C=O) groups is 4. The number of ether oxygens (including phenoxy) is 1. The van der Waals surface area contributed by atoms with Crippen molar-refractivity contribution in [1.82, 2.24) is 15.5 Å². The summed E-state index contributed by atoms with van der Waals surface area (Å²) in [6.45, 7) is 0.958. The van der Waals surface area contributed by atoms with Crippen LogP contribution < -0.4 is 10.6 Å². The molecule has 2 fully saturated rings. The number of amides is 4. The molecule has 2 N–H and O–H groups in total. The third kappa shape index (κ3) is 4.46. The van der Waals surface area contributed by atoms with E-state index in [-0.39, 0.29) is 24.8 Å². The van der Waals surface area contributed by atoms with Crippen LogP contribution in [-0.4, -0.2) is 41.4 Å². The second-order valence-electron chi connectivity index (χ2n) is 8.86. The zero-order valence-electron chi connectivity index (χ0n) is 18.1. The lowest BCUT2D eigenvalue weighted by molar-refractivity contribution is -0.136. The Kier molecular flexibility index (Phi) is 5.58. The standard InChI is InChI=1S/C25H25N3O5/c29-22-9-8-21(23(30)27-22)28-13-17-7-6-15(10-20(17)24(28)31)12-26-25(32)33-14-18-11-19(18)16-4-2-1-3-5-16/h1-7,10,18-19,21H,8-9,11-14H2,(H,26,32)(H,27,29,30)/t18-,19?,21?/m0/s1. The molecule has 3 aliphatic rings. The van der Waals surface area contributed by atoms with Crippen LogP contribution in [0.15, 0.2) is 48.5 Å². The quantitative estimate of drug-likeness (QED) is 0.662. The maximum atomic E-state index is 12.9. The highest BCUT2D eigenvalue weighted by Gasteiger charge is 2.40. The molecule has 8 heteroatoms. The van der Waals surface area contributed by atoms with Crippen LogP contribution in [0.5, 0.6) is 0 Å². The summed E-state index contributed by atoms with van der Waals surface area (Å²) in [6, 6.07) is 15.0. The number of rotatable bonds is 6. The van der Waals surface area contributed by atoms with Gasteiger partial charge in [0.25, 0.3) is 5.91 Å². The summed E-state index contributed by atoms with van der Waals surface area (Å²) in [7, 11) is 0. The van der Waals surface area contributed by atoms with Crippen molar-refractivity contribution in [2.45, 2.75) is 44.3 Å².